The summed E-state index contributed by atoms with van der Waals surface area (Å²) in [4.78, 5) is 0. The second kappa shape index (κ2) is 4.91. The Balaban J connectivity index is 2.45. The molecular weight excluding hydrogens is 232 g/mol. The molecule has 0 bridgehead atoms. The predicted molar refractivity (Wildman–Crippen MR) is 71.4 cm³/mol. The van der Waals surface area contributed by atoms with Gasteiger partial charge in [0.1, 0.15) is 6.10 Å². The molecule has 1 unspecified atom stereocenters. The molecule has 0 saturated heterocycles. The van der Waals surface area contributed by atoms with Crippen LogP contribution in [0.1, 0.15) is 28.4 Å². The molecule has 0 aliphatic rings. The van der Waals surface area contributed by atoms with Crippen LogP contribution in [0.5, 0.6) is 0 Å². The minimum absolute atomic E-state index is 0.591. The Hall–Kier alpha value is -1.31. The number of hydrogen-bond donors (Lipinski definition) is 1. The molecule has 0 spiro atoms. The van der Waals surface area contributed by atoms with Crippen molar-refractivity contribution in [3.05, 3.63) is 69.7 Å². The van der Waals surface area contributed by atoms with E-state index < -0.39 is 6.10 Å². The fourth-order valence-electron chi connectivity index (χ4n) is 1.92. The maximum atomic E-state index is 10.3. The molecule has 0 heterocycles. The first-order valence-electron chi connectivity index (χ1n) is 5.60. The minimum Gasteiger partial charge on any atom is -0.384 e. The molecule has 2 rings (SSSR count). The lowest BCUT2D eigenvalue weighted by Gasteiger charge is -2.16. The fourth-order valence-corrected chi connectivity index (χ4v) is 2.12. The van der Waals surface area contributed by atoms with Crippen molar-refractivity contribution in [2.75, 3.05) is 0 Å². The van der Waals surface area contributed by atoms with E-state index in [1.807, 2.05) is 56.3 Å². The normalized spacial score (nSPS) is 12.5. The van der Waals surface area contributed by atoms with Gasteiger partial charge in [0, 0.05) is 5.02 Å². The van der Waals surface area contributed by atoms with E-state index in [-0.39, 0.29) is 0 Å². The van der Waals surface area contributed by atoms with Crippen molar-refractivity contribution in [1.29, 1.82) is 0 Å². The van der Waals surface area contributed by atoms with Gasteiger partial charge in [-0.1, -0.05) is 48.0 Å². The van der Waals surface area contributed by atoms with Gasteiger partial charge in [-0.2, -0.15) is 0 Å². The molecule has 1 atom stereocenters. The van der Waals surface area contributed by atoms with Crippen molar-refractivity contribution in [3.8, 4) is 0 Å². The van der Waals surface area contributed by atoms with Crippen LogP contribution in [0.3, 0.4) is 0 Å². The van der Waals surface area contributed by atoms with Gasteiger partial charge in [-0.25, -0.2) is 0 Å². The van der Waals surface area contributed by atoms with Gasteiger partial charge in [0.2, 0.25) is 0 Å². The SMILES string of the molecule is Cc1c(Cl)ccc(C(O)c2ccccc2)c1C. The molecule has 1 N–H and O–H groups in total. The van der Waals surface area contributed by atoms with Crippen LogP contribution >= 0.6 is 11.6 Å². The Kier molecular flexibility index (Phi) is 3.51. The second-order valence-electron chi connectivity index (χ2n) is 4.20. The van der Waals surface area contributed by atoms with Crippen LogP contribution in [-0.2, 0) is 0 Å². The molecular formula is C15H15ClO. The lowest BCUT2D eigenvalue weighted by molar-refractivity contribution is 0.219. The van der Waals surface area contributed by atoms with Gasteiger partial charge in [-0.15, -0.1) is 0 Å². The molecule has 0 radical (unpaired) electrons. The van der Waals surface area contributed by atoms with E-state index in [0.717, 1.165) is 27.3 Å². The van der Waals surface area contributed by atoms with Gasteiger partial charge in [0.05, 0.1) is 0 Å². The van der Waals surface area contributed by atoms with Crippen LogP contribution in [0.25, 0.3) is 0 Å². The monoisotopic (exact) mass is 246 g/mol. The van der Waals surface area contributed by atoms with Crippen molar-refractivity contribution in [3.63, 3.8) is 0 Å². The van der Waals surface area contributed by atoms with Crippen LogP contribution in [0.15, 0.2) is 42.5 Å². The molecule has 2 aromatic carbocycles. The van der Waals surface area contributed by atoms with Gasteiger partial charge in [0.25, 0.3) is 0 Å². The molecule has 1 nitrogen and oxygen atoms in total. The zero-order chi connectivity index (χ0) is 12.4. The third-order valence-electron chi connectivity index (χ3n) is 3.17. The number of hydrogen-bond acceptors (Lipinski definition) is 1. The van der Waals surface area contributed by atoms with E-state index in [9.17, 15) is 5.11 Å². The van der Waals surface area contributed by atoms with Crippen molar-refractivity contribution in [2.24, 2.45) is 0 Å². The third kappa shape index (κ3) is 2.36. The summed E-state index contributed by atoms with van der Waals surface area (Å²) in [6, 6.07) is 13.4. The van der Waals surface area contributed by atoms with Gasteiger partial charge >= 0.3 is 0 Å². The topological polar surface area (TPSA) is 20.2 Å². The van der Waals surface area contributed by atoms with E-state index in [1.165, 1.54) is 0 Å². The molecule has 0 saturated carbocycles. The lowest BCUT2D eigenvalue weighted by atomic mass is 9.95. The molecule has 0 aliphatic heterocycles. The highest BCUT2D eigenvalue weighted by Crippen LogP contribution is 2.29. The molecule has 0 amide bonds. The standard InChI is InChI=1S/C15H15ClO/c1-10-11(2)14(16)9-8-13(10)15(17)12-6-4-3-5-7-12/h3-9,15,17H,1-2H3. The van der Waals surface area contributed by atoms with Crippen LogP contribution in [0, 0.1) is 13.8 Å². The molecule has 2 heteroatoms. The molecule has 17 heavy (non-hydrogen) atoms. The average molecular weight is 247 g/mol. The zero-order valence-electron chi connectivity index (χ0n) is 9.94. The number of halogens is 1. The minimum atomic E-state index is -0.591. The Bertz CT molecular complexity index is 520. The van der Waals surface area contributed by atoms with Crippen molar-refractivity contribution in [2.45, 2.75) is 20.0 Å². The Morgan fingerprint density at radius 2 is 1.59 bits per heavy atom. The van der Waals surface area contributed by atoms with Crippen LogP contribution in [-0.4, -0.2) is 5.11 Å². The molecule has 0 fully saturated rings. The largest absolute Gasteiger partial charge is 0.384 e. The first kappa shape index (κ1) is 12.2. The lowest BCUT2D eigenvalue weighted by Crippen LogP contribution is -2.03. The molecule has 0 aliphatic carbocycles. The number of benzene rings is 2. The van der Waals surface area contributed by atoms with E-state index in [4.69, 9.17) is 11.6 Å². The number of rotatable bonds is 2. The maximum Gasteiger partial charge on any atom is 0.104 e. The molecule has 2 aromatic rings. The predicted octanol–water partition coefficient (Wildman–Crippen LogP) is 4.04. The summed E-state index contributed by atoms with van der Waals surface area (Å²) in [5, 5.41) is 11.1. The summed E-state index contributed by atoms with van der Waals surface area (Å²) in [6.45, 7) is 3.96. The highest BCUT2D eigenvalue weighted by Gasteiger charge is 2.14. The van der Waals surface area contributed by atoms with Crippen LogP contribution in [0.4, 0.5) is 0 Å². The van der Waals surface area contributed by atoms with Crippen molar-refractivity contribution < 1.29 is 5.11 Å². The van der Waals surface area contributed by atoms with E-state index in [2.05, 4.69) is 0 Å². The fraction of sp³-hybridized carbons (Fsp3) is 0.200. The van der Waals surface area contributed by atoms with E-state index >= 15 is 0 Å². The maximum absolute atomic E-state index is 10.3. The first-order valence-corrected chi connectivity index (χ1v) is 5.97. The summed E-state index contributed by atoms with van der Waals surface area (Å²) < 4.78 is 0. The highest BCUT2D eigenvalue weighted by atomic mass is 35.5. The summed E-state index contributed by atoms with van der Waals surface area (Å²) in [5.41, 5.74) is 3.89. The highest BCUT2D eigenvalue weighted by molar-refractivity contribution is 6.31. The zero-order valence-corrected chi connectivity index (χ0v) is 10.7. The summed E-state index contributed by atoms with van der Waals surface area (Å²) >= 11 is 6.05. The van der Waals surface area contributed by atoms with Crippen LogP contribution < -0.4 is 0 Å². The quantitative estimate of drug-likeness (QED) is 0.848. The van der Waals surface area contributed by atoms with Gasteiger partial charge in [0.15, 0.2) is 0 Å². The Labute approximate surface area is 107 Å². The van der Waals surface area contributed by atoms with Gasteiger partial charge < -0.3 is 5.11 Å². The Morgan fingerprint density at radius 3 is 2.24 bits per heavy atom. The average Bonchev–Trinajstić information content (AvgIpc) is 2.36. The van der Waals surface area contributed by atoms with Gasteiger partial charge in [-0.3, -0.25) is 0 Å². The summed E-state index contributed by atoms with van der Waals surface area (Å²) in [7, 11) is 0. The van der Waals surface area contributed by atoms with E-state index in [1.54, 1.807) is 0 Å². The second-order valence-corrected chi connectivity index (χ2v) is 4.61. The van der Waals surface area contributed by atoms with Crippen LogP contribution in [0.2, 0.25) is 5.02 Å². The number of aliphatic hydroxyl groups excluding tert-OH is 1. The van der Waals surface area contributed by atoms with Crippen molar-refractivity contribution in [1.82, 2.24) is 0 Å². The van der Waals surface area contributed by atoms with Gasteiger partial charge in [-0.05, 0) is 42.2 Å². The summed E-state index contributed by atoms with van der Waals surface area (Å²) in [6.07, 6.45) is -0.591. The molecule has 0 aromatic heterocycles. The van der Waals surface area contributed by atoms with Crippen molar-refractivity contribution >= 4 is 11.6 Å². The molecule has 88 valence electrons. The summed E-state index contributed by atoms with van der Waals surface area (Å²) in [5.74, 6) is 0. The number of aliphatic hydroxyl groups is 1. The smallest absolute Gasteiger partial charge is 0.104 e. The third-order valence-corrected chi connectivity index (χ3v) is 3.58. The van der Waals surface area contributed by atoms with E-state index in [0.29, 0.717) is 0 Å². The Morgan fingerprint density at radius 1 is 0.941 bits per heavy atom. The first-order chi connectivity index (χ1) is 8.11.